The predicted molar refractivity (Wildman–Crippen MR) is 144 cm³/mol. The lowest BCUT2D eigenvalue weighted by Crippen LogP contribution is -2.31. The van der Waals surface area contributed by atoms with E-state index < -0.39 is 17.7 Å². The van der Waals surface area contributed by atoms with Gasteiger partial charge in [0.1, 0.15) is 5.76 Å². The molecule has 192 valence electrons. The molecule has 0 bridgehead atoms. The summed E-state index contributed by atoms with van der Waals surface area (Å²) >= 11 is 0. The fraction of sp³-hybridized carbons (Fsp3) is 0.267. The molecule has 0 radical (unpaired) electrons. The molecule has 3 aromatic carbocycles. The number of aryl methyl sites for hydroxylation is 1. The van der Waals surface area contributed by atoms with Crippen LogP contribution in [-0.2, 0) is 16.0 Å². The van der Waals surface area contributed by atoms with E-state index in [1.165, 1.54) is 0 Å². The van der Waals surface area contributed by atoms with Crippen LogP contribution in [0.4, 0.5) is 5.69 Å². The molecule has 1 aliphatic rings. The molecule has 1 amide bonds. The molecule has 37 heavy (non-hydrogen) atoms. The third-order valence-corrected chi connectivity index (χ3v) is 6.68. The van der Waals surface area contributed by atoms with Gasteiger partial charge in [0.05, 0.1) is 25.8 Å². The summed E-state index contributed by atoms with van der Waals surface area (Å²) in [6, 6.07) is 19.8. The Morgan fingerprint density at radius 2 is 1.57 bits per heavy atom. The lowest BCUT2D eigenvalue weighted by Gasteiger charge is -2.26. The Balaban J connectivity index is 1.75. The van der Waals surface area contributed by atoms with Crippen molar-refractivity contribution in [3.05, 3.63) is 94.6 Å². The molecule has 1 saturated heterocycles. The number of rotatable bonds is 8. The number of ether oxygens (including phenoxy) is 2. The molecule has 1 aliphatic heterocycles. The van der Waals surface area contributed by atoms with Gasteiger partial charge in [-0.3, -0.25) is 9.59 Å². The van der Waals surface area contributed by atoms with E-state index in [1.54, 1.807) is 31.3 Å². The molecule has 1 atom stereocenters. The number of carbonyl (C=O) groups excluding carboxylic acids is 2. The minimum Gasteiger partial charge on any atom is -0.507 e. The third kappa shape index (κ3) is 5.16. The topological polar surface area (TPSA) is 79.3 Å². The van der Waals surface area contributed by atoms with Gasteiger partial charge in [0, 0.05) is 31.9 Å². The van der Waals surface area contributed by atoms with Gasteiger partial charge < -0.3 is 24.4 Å². The number of aliphatic hydroxyl groups excluding tert-OH is 1. The van der Waals surface area contributed by atoms with Crippen LogP contribution in [0.5, 0.6) is 11.5 Å². The van der Waals surface area contributed by atoms with E-state index in [0.29, 0.717) is 23.5 Å². The van der Waals surface area contributed by atoms with E-state index in [4.69, 9.17) is 9.47 Å². The maximum Gasteiger partial charge on any atom is 0.295 e. The van der Waals surface area contributed by atoms with Crippen LogP contribution < -0.4 is 14.4 Å². The van der Waals surface area contributed by atoms with Crippen LogP contribution in [0, 0.1) is 6.92 Å². The summed E-state index contributed by atoms with van der Waals surface area (Å²) in [4.78, 5) is 30.1. The Bertz CT molecular complexity index is 1330. The quantitative estimate of drug-likeness (QED) is 0.273. The van der Waals surface area contributed by atoms with Crippen LogP contribution in [0.2, 0.25) is 0 Å². The molecular weight excluding hydrogens is 468 g/mol. The number of hydrogen-bond acceptors (Lipinski definition) is 6. The SMILES string of the molecule is COc1ccc(CCN2C(=O)C(=O)C(=C(O)c3ccc(C)cc3)[C@H]2c2ccc(N(C)C)cc2)cc1OC. The highest BCUT2D eigenvalue weighted by Crippen LogP contribution is 2.40. The second-order valence-electron chi connectivity index (χ2n) is 9.28. The van der Waals surface area contributed by atoms with Crippen molar-refractivity contribution >= 4 is 23.1 Å². The van der Waals surface area contributed by atoms with Crippen LogP contribution in [0.1, 0.15) is 28.3 Å². The predicted octanol–water partition coefficient (Wildman–Crippen LogP) is 4.74. The van der Waals surface area contributed by atoms with Gasteiger partial charge in [-0.1, -0.05) is 48.0 Å². The van der Waals surface area contributed by atoms with Gasteiger partial charge >= 0.3 is 0 Å². The molecular formula is C30H32N2O5. The Kier molecular flexibility index (Phi) is 7.53. The summed E-state index contributed by atoms with van der Waals surface area (Å²) in [7, 11) is 7.04. The molecule has 0 spiro atoms. The molecule has 0 aliphatic carbocycles. The van der Waals surface area contributed by atoms with Crippen molar-refractivity contribution in [1.82, 2.24) is 4.90 Å². The van der Waals surface area contributed by atoms with Gasteiger partial charge in [-0.05, 0) is 48.7 Å². The lowest BCUT2D eigenvalue weighted by molar-refractivity contribution is -0.139. The summed E-state index contributed by atoms with van der Waals surface area (Å²) in [5, 5.41) is 11.2. The Morgan fingerprint density at radius 1 is 0.919 bits per heavy atom. The van der Waals surface area contributed by atoms with Crippen molar-refractivity contribution in [3.63, 3.8) is 0 Å². The lowest BCUT2D eigenvalue weighted by atomic mass is 9.94. The molecule has 4 rings (SSSR count). The summed E-state index contributed by atoms with van der Waals surface area (Å²) < 4.78 is 10.7. The highest BCUT2D eigenvalue weighted by atomic mass is 16.5. The molecule has 3 aromatic rings. The zero-order valence-corrected chi connectivity index (χ0v) is 21.8. The number of aliphatic hydroxyl groups is 1. The van der Waals surface area contributed by atoms with Crippen LogP contribution in [-0.4, -0.2) is 56.6 Å². The Morgan fingerprint density at radius 3 is 2.16 bits per heavy atom. The van der Waals surface area contributed by atoms with Gasteiger partial charge in [0.15, 0.2) is 11.5 Å². The number of hydrogen-bond donors (Lipinski definition) is 1. The van der Waals surface area contributed by atoms with Crippen molar-refractivity contribution in [3.8, 4) is 11.5 Å². The van der Waals surface area contributed by atoms with E-state index in [2.05, 4.69) is 0 Å². The van der Waals surface area contributed by atoms with Crippen molar-refractivity contribution in [2.45, 2.75) is 19.4 Å². The molecule has 7 nitrogen and oxygen atoms in total. The average Bonchev–Trinajstić information content (AvgIpc) is 3.16. The van der Waals surface area contributed by atoms with Crippen molar-refractivity contribution in [1.29, 1.82) is 0 Å². The number of methoxy groups -OCH3 is 2. The molecule has 1 N–H and O–H groups in total. The summed E-state index contributed by atoms with van der Waals surface area (Å²) in [5.41, 5.74) is 4.30. The average molecular weight is 501 g/mol. The van der Waals surface area contributed by atoms with Crippen molar-refractivity contribution < 1.29 is 24.2 Å². The zero-order valence-electron chi connectivity index (χ0n) is 21.8. The fourth-order valence-corrected chi connectivity index (χ4v) is 4.56. The standard InChI is InChI=1S/C30H32N2O5/c1-19-6-9-22(10-7-19)28(33)26-27(21-11-13-23(14-12-21)31(2)3)32(30(35)29(26)34)17-16-20-8-15-24(36-4)25(18-20)37-5/h6-15,18,27,33H,16-17H2,1-5H3/t27-/m1/s1. The first-order valence-corrected chi connectivity index (χ1v) is 12.1. The highest BCUT2D eigenvalue weighted by molar-refractivity contribution is 6.46. The van der Waals surface area contributed by atoms with Crippen LogP contribution in [0.25, 0.3) is 5.76 Å². The normalized spacial score (nSPS) is 16.7. The number of Topliss-reactive ketones (excluding diaryl/α,β-unsaturated/α-hetero) is 1. The summed E-state index contributed by atoms with van der Waals surface area (Å²) in [6.07, 6.45) is 0.490. The molecule has 7 heteroatoms. The maximum atomic E-state index is 13.3. The highest BCUT2D eigenvalue weighted by Gasteiger charge is 2.45. The zero-order chi connectivity index (χ0) is 26.7. The summed E-state index contributed by atoms with van der Waals surface area (Å²) in [6.45, 7) is 2.23. The van der Waals surface area contributed by atoms with E-state index >= 15 is 0 Å². The first-order chi connectivity index (χ1) is 17.7. The number of likely N-dealkylation sites (tertiary alicyclic amines) is 1. The van der Waals surface area contributed by atoms with Gasteiger partial charge in [-0.2, -0.15) is 0 Å². The van der Waals surface area contributed by atoms with E-state index in [9.17, 15) is 14.7 Å². The van der Waals surface area contributed by atoms with E-state index in [-0.39, 0.29) is 17.9 Å². The largest absolute Gasteiger partial charge is 0.507 e. The minimum atomic E-state index is -0.711. The van der Waals surface area contributed by atoms with E-state index in [1.807, 2.05) is 80.5 Å². The van der Waals surface area contributed by atoms with Gasteiger partial charge in [0.25, 0.3) is 11.7 Å². The van der Waals surface area contributed by atoms with Gasteiger partial charge in [-0.25, -0.2) is 0 Å². The molecule has 1 heterocycles. The molecule has 0 saturated carbocycles. The van der Waals surface area contributed by atoms with Crippen LogP contribution >= 0.6 is 0 Å². The van der Waals surface area contributed by atoms with Crippen LogP contribution in [0.15, 0.2) is 72.3 Å². The molecule has 0 unspecified atom stereocenters. The Hall–Kier alpha value is -4.26. The van der Waals surface area contributed by atoms with Crippen molar-refractivity contribution in [2.75, 3.05) is 39.8 Å². The van der Waals surface area contributed by atoms with Gasteiger partial charge in [0.2, 0.25) is 0 Å². The number of carbonyl (C=O) groups is 2. The fourth-order valence-electron chi connectivity index (χ4n) is 4.56. The first-order valence-electron chi connectivity index (χ1n) is 12.1. The smallest absolute Gasteiger partial charge is 0.295 e. The molecule has 1 fully saturated rings. The number of amides is 1. The number of benzene rings is 3. The molecule has 0 aromatic heterocycles. The number of anilines is 1. The Labute approximate surface area is 217 Å². The number of ketones is 1. The monoisotopic (exact) mass is 500 g/mol. The summed E-state index contributed by atoms with van der Waals surface area (Å²) in [5.74, 6) is -0.278. The maximum absolute atomic E-state index is 13.3. The first kappa shape index (κ1) is 25.8. The number of nitrogens with zero attached hydrogens (tertiary/aromatic N) is 2. The minimum absolute atomic E-state index is 0.0961. The second-order valence-corrected chi connectivity index (χ2v) is 9.28. The second kappa shape index (κ2) is 10.8. The van der Waals surface area contributed by atoms with Crippen LogP contribution in [0.3, 0.4) is 0 Å². The van der Waals surface area contributed by atoms with Crippen molar-refractivity contribution in [2.24, 2.45) is 0 Å². The van der Waals surface area contributed by atoms with E-state index in [0.717, 1.165) is 22.4 Å². The van der Waals surface area contributed by atoms with Gasteiger partial charge in [-0.15, -0.1) is 0 Å². The third-order valence-electron chi connectivity index (χ3n) is 6.68.